The smallest absolute Gasteiger partial charge is 0.326 e. The Morgan fingerprint density at radius 3 is 2.30 bits per heavy atom. The van der Waals surface area contributed by atoms with Crippen LogP contribution >= 0.6 is 11.6 Å². The molecule has 4 rings (SSSR count). The van der Waals surface area contributed by atoms with E-state index in [1.807, 2.05) is 5.32 Å². The van der Waals surface area contributed by atoms with Crippen LogP contribution in [-0.2, 0) is 25.2 Å². The highest BCUT2D eigenvalue weighted by Crippen LogP contribution is 2.46. The number of aromatic nitrogens is 2. The molecule has 2 aromatic carbocycles. The lowest BCUT2D eigenvalue weighted by Crippen LogP contribution is -2.61. The molecule has 1 atom stereocenters. The van der Waals surface area contributed by atoms with Crippen molar-refractivity contribution in [1.82, 2.24) is 14.3 Å². The van der Waals surface area contributed by atoms with Crippen molar-refractivity contribution in [3.05, 3.63) is 80.0 Å². The van der Waals surface area contributed by atoms with E-state index in [2.05, 4.69) is 5.32 Å². The van der Waals surface area contributed by atoms with E-state index in [-0.39, 0.29) is 16.4 Å². The number of amides is 2. The highest BCUT2D eigenvalue weighted by molar-refractivity contribution is 7.89. The third-order valence-corrected chi connectivity index (χ3v) is 7.03. The number of aromatic amines is 1. The number of carbonyl (C=O) groups is 2. The average Bonchev–Trinajstić information content (AvgIpc) is 3.06. The van der Waals surface area contributed by atoms with Crippen molar-refractivity contribution in [1.29, 1.82) is 0 Å². The molecule has 11 nitrogen and oxygen atoms in total. The van der Waals surface area contributed by atoms with E-state index in [1.165, 1.54) is 35.9 Å². The number of hydrogen-bond donors (Lipinski definition) is 4. The SMILES string of the molecule is CC(=O)Nc1ccc(S(=O)(=O)N[C@]2(C(F)(F)F)C(=O)Nc3c2c(=O)[nH]c(=O)n3-c2cccc(Cl)c2)cc1. The maximum atomic E-state index is 14.6. The summed E-state index contributed by atoms with van der Waals surface area (Å²) in [5.41, 5.74) is -8.29. The summed E-state index contributed by atoms with van der Waals surface area (Å²) in [5, 5.41) is 4.28. The number of nitrogens with zero attached hydrogens (tertiary/aromatic N) is 1. The van der Waals surface area contributed by atoms with Gasteiger partial charge in [-0.05, 0) is 42.5 Å². The Kier molecular flexibility index (Phi) is 6.26. The lowest BCUT2D eigenvalue weighted by Gasteiger charge is -2.29. The van der Waals surface area contributed by atoms with Gasteiger partial charge < -0.3 is 10.6 Å². The zero-order valence-electron chi connectivity index (χ0n) is 18.4. The first-order valence-corrected chi connectivity index (χ1v) is 12.0. The number of hydrogen-bond acceptors (Lipinski definition) is 6. The molecule has 3 aromatic rings. The molecule has 2 heterocycles. The monoisotopic (exact) mass is 557 g/mol. The molecular formula is C21H15ClF3N5O6S. The molecule has 0 spiro atoms. The second-order valence-corrected chi connectivity index (χ2v) is 9.93. The van der Waals surface area contributed by atoms with Crippen molar-refractivity contribution in [3.8, 4) is 5.69 Å². The third-order valence-electron chi connectivity index (χ3n) is 5.32. The Balaban J connectivity index is 1.93. The first-order valence-electron chi connectivity index (χ1n) is 10.1. The third kappa shape index (κ3) is 4.41. The normalized spacial score (nSPS) is 17.3. The van der Waals surface area contributed by atoms with Gasteiger partial charge in [-0.3, -0.25) is 19.4 Å². The van der Waals surface area contributed by atoms with Gasteiger partial charge in [-0.15, -0.1) is 0 Å². The highest BCUT2D eigenvalue weighted by Gasteiger charge is 2.69. The molecule has 0 saturated heterocycles. The molecule has 0 saturated carbocycles. The Labute approximate surface area is 210 Å². The second-order valence-electron chi connectivity index (χ2n) is 7.81. The van der Waals surface area contributed by atoms with Gasteiger partial charge in [-0.2, -0.15) is 17.9 Å². The number of fused-ring (bicyclic) bond motifs is 1. The number of sulfonamides is 1. The number of anilines is 2. The molecule has 0 fully saturated rings. The van der Waals surface area contributed by atoms with E-state index in [1.54, 1.807) is 4.98 Å². The maximum Gasteiger partial charge on any atom is 0.421 e. The number of nitrogens with one attached hydrogen (secondary N) is 4. The van der Waals surface area contributed by atoms with Crippen molar-refractivity contribution in [2.75, 3.05) is 10.6 Å². The Morgan fingerprint density at radius 1 is 1.08 bits per heavy atom. The molecule has 4 N–H and O–H groups in total. The molecular weight excluding hydrogens is 543 g/mol. The maximum absolute atomic E-state index is 14.6. The van der Waals surface area contributed by atoms with Crippen LogP contribution in [-0.4, -0.2) is 36.0 Å². The fourth-order valence-electron chi connectivity index (χ4n) is 3.79. The van der Waals surface area contributed by atoms with Gasteiger partial charge in [0.25, 0.3) is 11.5 Å². The van der Waals surface area contributed by atoms with Crippen molar-refractivity contribution < 1.29 is 31.2 Å². The lowest BCUT2D eigenvalue weighted by atomic mass is 9.93. The van der Waals surface area contributed by atoms with Gasteiger partial charge in [0.05, 0.1) is 16.1 Å². The van der Waals surface area contributed by atoms with Crippen LogP contribution in [0.25, 0.3) is 5.69 Å². The van der Waals surface area contributed by atoms with Crippen molar-refractivity contribution in [2.24, 2.45) is 0 Å². The molecule has 1 aliphatic rings. The van der Waals surface area contributed by atoms with E-state index < -0.39 is 61.1 Å². The van der Waals surface area contributed by atoms with Crippen LogP contribution in [0.4, 0.5) is 24.7 Å². The average molecular weight is 558 g/mol. The first-order chi connectivity index (χ1) is 17.2. The lowest BCUT2D eigenvalue weighted by molar-refractivity contribution is -0.194. The van der Waals surface area contributed by atoms with Crippen molar-refractivity contribution in [3.63, 3.8) is 0 Å². The van der Waals surface area contributed by atoms with Gasteiger partial charge >= 0.3 is 11.9 Å². The summed E-state index contributed by atoms with van der Waals surface area (Å²) in [7, 11) is -5.12. The van der Waals surface area contributed by atoms with Crippen LogP contribution in [0, 0.1) is 0 Å². The predicted octanol–water partition coefficient (Wildman–Crippen LogP) is 1.83. The minimum Gasteiger partial charge on any atom is -0.326 e. The summed E-state index contributed by atoms with van der Waals surface area (Å²) in [4.78, 5) is 50.3. The Hall–Kier alpha value is -3.95. The standard InChI is InChI=1S/C21H15ClF3N5O6S/c1-10(31)26-12-5-7-14(8-6-12)37(35,36)29-20(21(23,24)25)15-16(27-18(20)33)30(19(34)28-17(15)32)13-4-2-3-11(22)9-13/h2-9,29H,1H3,(H,26,31)(H,27,33)(H,28,32,34)/t20-/m0/s1. The van der Waals surface area contributed by atoms with E-state index >= 15 is 0 Å². The molecule has 16 heteroatoms. The summed E-state index contributed by atoms with van der Waals surface area (Å²) < 4.78 is 71.7. The molecule has 37 heavy (non-hydrogen) atoms. The topological polar surface area (TPSA) is 159 Å². The molecule has 0 bridgehead atoms. The molecule has 0 radical (unpaired) electrons. The van der Waals surface area contributed by atoms with Crippen LogP contribution in [0.1, 0.15) is 12.5 Å². The van der Waals surface area contributed by atoms with E-state index in [0.717, 1.165) is 24.3 Å². The number of rotatable bonds is 5. The summed E-state index contributed by atoms with van der Waals surface area (Å²) in [6.07, 6.45) is -5.69. The van der Waals surface area contributed by atoms with E-state index in [9.17, 15) is 40.8 Å². The minimum absolute atomic E-state index is 0.0826. The largest absolute Gasteiger partial charge is 0.421 e. The van der Waals surface area contributed by atoms with Gasteiger partial charge in [0.1, 0.15) is 5.82 Å². The summed E-state index contributed by atoms with van der Waals surface area (Å²) in [6, 6.07) is 9.24. The number of benzene rings is 2. The van der Waals surface area contributed by atoms with Crippen molar-refractivity contribution in [2.45, 2.75) is 23.5 Å². The van der Waals surface area contributed by atoms with Crippen LogP contribution in [0.15, 0.2) is 63.0 Å². The van der Waals surface area contributed by atoms with Gasteiger partial charge in [-0.1, -0.05) is 17.7 Å². The molecule has 0 unspecified atom stereocenters. The Morgan fingerprint density at radius 2 is 1.73 bits per heavy atom. The predicted molar refractivity (Wildman–Crippen MR) is 125 cm³/mol. The fourth-order valence-corrected chi connectivity index (χ4v) is 5.30. The van der Waals surface area contributed by atoms with Gasteiger partial charge in [0, 0.05) is 17.6 Å². The van der Waals surface area contributed by atoms with Gasteiger partial charge in [-0.25, -0.2) is 17.8 Å². The highest BCUT2D eigenvalue weighted by atomic mass is 35.5. The number of halogens is 4. The zero-order valence-corrected chi connectivity index (χ0v) is 20.0. The van der Waals surface area contributed by atoms with Crippen LogP contribution in [0.2, 0.25) is 5.02 Å². The number of alkyl halides is 3. The van der Waals surface area contributed by atoms with Crippen LogP contribution in [0.3, 0.4) is 0 Å². The first kappa shape index (κ1) is 26.1. The number of H-pyrrole nitrogens is 1. The van der Waals surface area contributed by atoms with Crippen LogP contribution < -0.4 is 26.6 Å². The molecule has 2 amide bonds. The molecule has 1 aromatic heterocycles. The fraction of sp³-hybridized carbons (Fsp3) is 0.143. The summed E-state index contributed by atoms with van der Waals surface area (Å²) in [6.45, 7) is 1.19. The second kappa shape index (κ2) is 8.86. The van der Waals surface area contributed by atoms with E-state index in [0.29, 0.717) is 4.57 Å². The van der Waals surface area contributed by atoms with Gasteiger partial charge in [0.2, 0.25) is 21.5 Å². The summed E-state index contributed by atoms with van der Waals surface area (Å²) in [5.74, 6) is -3.32. The van der Waals surface area contributed by atoms with E-state index in [4.69, 9.17) is 11.6 Å². The zero-order chi connectivity index (χ0) is 27.3. The Bertz CT molecular complexity index is 1670. The molecule has 0 aliphatic carbocycles. The van der Waals surface area contributed by atoms with Gasteiger partial charge in [0.15, 0.2) is 0 Å². The quantitative estimate of drug-likeness (QED) is 0.374. The number of carbonyl (C=O) groups excluding carboxylic acids is 2. The van der Waals surface area contributed by atoms with Crippen LogP contribution in [0.5, 0.6) is 0 Å². The van der Waals surface area contributed by atoms with Crippen molar-refractivity contribution >= 4 is 44.9 Å². The summed E-state index contributed by atoms with van der Waals surface area (Å²) >= 11 is 5.91. The molecule has 194 valence electrons. The minimum atomic E-state index is -5.69. The molecule has 1 aliphatic heterocycles.